The lowest BCUT2D eigenvalue weighted by Gasteiger charge is -2.30. The van der Waals surface area contributed by atoms with E-state index in [1.807, 2.05) is 13.0 Å². The smallest absolute Gasteiger partial charge is 0.290 e. The zero-order valence-corrected chi connectivity index (χ0v) is 19.7. The number of aliphatic hydroxyl groups excluding tert-OH is 1. The third-order valence-electron chi connectivity index (χ3n) is 5.80. The SMILES string of the molecule is Cc1nc(C)c(C(=O)C2=C(O)C(=O)N(CCCN3CCOCC3)[C@@H]2c2cccc(Cl)c2)s1. The number of nitrogens with zero attached hydrogens (tertiary/aromatic N) is 3. The molecule has 0 radical (unpaired) electrons. The molecule has 1 aromatic heterocycles. The first-order chi connectivity index (χ1) is 15.4. The highest BCUT2D eigenvalue weighted by Gasteiger charge is 2.44. The predicted molar refractivity (Wildman–Crippen MR) is 123 cm³/mol. The molecule has 1 N–H and O–H groups in total. The van der Waals surface area contributed by atoms with E-state index >= 15 is 0 Å². The molecule has 4 rings (SSSR count). The van der Waals surface area contributed by atoms with Gasteiger partial charge in [-0.2, -0.15) is 0 Å². The normalized spacial score (nSPS) is 19.8. The van der Waals surface area contributed by atoms with Crippen LogP contribution in [-0.2, 0) is 9.53 Å². The Morgan fingerprint density at radius 2 is 2.03 bits per heavy atom. The number of carbonyl (C=O) groups excluding carboxylic acids is 2. The van der Waals surface area contributed by atoms with Crippen LogP contribution in [0.1, 0.15) is 38.4 Å². The van der Waals surface area contributed by atoms with Crippen LogP contribution in [0.4, 0.5) is 0 Å². The Hall–Kier alpha value is -2.26. The second-order valence-electron chi connectivity index (χ2n) is 8.00. The van der Waals surface area contributed by atoms with Gasteiger partial charge in [-0.05, 0) is 38.0 Å². The first-order valence-electron chi connectivity index (χ1n) is 10.6. The topological polar surface area (TPSA) is 83.0 Å². The van der Waals surface area contributed by atoms with Crippen LogP contribution in [0.25, 0.3) is 0 Å². The molecular formula is C23H26ClN3O4S. The highest BCUT2D eigenvalue weighted by Crippen LogP contribution is 2.40. The van der Waals surface area contributed by atoms with Gasteiger partial charge in [0, 0.05) is 31.2 Å². The molecule has 1 saturated heterocycles. The first-order valence-corrected chi connectivity index (χ1v) is 11.8. The Labute approximate surface area is 196 Å². The standard InChI is InChI=1S/C23H26ClN3O4S/c1-14-22(32-15(2)25-14)20(28)18-19(16-5-3-6-17(24)13-16)27(23(30)21(18)29)8-4-7-26-9-11-31-12-10-26/h3,5-6,13,19,29H,4,7-12H2,1-2H3/t19-/m1/s1. The molecule has 2 aliphatic heterocycles. The number of halogens is 1. The van der Waals surface area contributed by atoms with Crippen LogP contribution in [0.15, 0.2) is 35.6 Å². The minimum Gasteiger partial charge on any atom is -0.503 e. The van der Waals surface area contributed by atoms with Crippen LogP contribution in [0, 0.1) is 13.8 Å². The number of Topliss-reactive ketones (excluding diaryl/α,β-unsaturated/α-hetero) is 1. The molecule has 170 valence electrons. The zero-order chi connectivity index (χ0) is 22.8. The molecule has 1 aromatic carbocycles. The predicted octanol–water partition coefficient (Wildman–Crippen LogP) is 3.71. The third kappa shape index (κ3) is 4.59. The average molecular weight is 476 g/mol. The van der Waals surface area contributed by atoms with E-state index in [2.05, 4.69) is 9.88 Å². The molecule has 0 unspecified atom stereocenters. The van der Waals surface area contributed by atoms with Crippen molar-refractivity contribution in [3.8, 4) is 0 Å². The monoisotopic (exact) mass is 475 g/mol. The van der Waals surface area contributed by atoms with Crippen LogP contribution in [0.3, 0.4) is 0 Å². The van der Waals surface area contributed by atoms with Crippen LogP contribution in [0.2, 0.25) is 5.02 Å². The maximum absolute atomic E-state index is 13.5. The van der Waals surface area contributed by atoms with E-state index in [0.717, 1.165) is 31.1 Å². The van der Waals surface area contributed by atoms with E-state index < -0.39 is 17.7 Å². The van der Waals surface area contributed by atoms with Crippen molar-refractivity contribution in [2.45, 2.75) is 26.3 Å². The Kier molecular flexibility index (Phi) is 6.95. The van der Waals surface area contributed by atoms with E-state index in [-0.39, 0.29) is 11.4 Å². The Morgan fingerprint density at radius 3 is 2.69 bits per heavy atom. The van der Waals surface area contributed by atoms with Crippen LogP contribution in [0.5, 0.6) is 0 Å². The summed E-state index contributed by atoms with van der Waals surface area (Å²) in [5.41, 5.74) is 1.39. The maximum Gasteiger partial charge on any atom is 0.290 e. The Bertz CT molecular complexity index is 1060. The van der Waals surface area contributed by atoms with Crippen molar-refractivity contribution in [3.05, 3.63) is 61.8 Å². The summed E-state index contributed by atoms with van der Waals surface area (Å²) >= 11 is 7.50. The van der Waals surface area contributed by atoms with Gasteiger partial charge in [0.05, 0.1) is 40.4 Å². The molecule has 1 fully saturated rings. The number of thiazole rings is 1. The van der Waals surface area contributed by atoms with E-state index in [1.54, 1.807) is 30.0 Å². The molecule has 0 saturated carbocycles. The lowest BCUT2D eigenvalue weighted by molar-refractivity contribution is -0.129. The van der Waals surface area contributed by atoms with Gasteiger partial charge in [0.25, 0.3) is 5.91 Å². The molecule has 7 nitrogen and oxygen atoms in total. The van der Waals surface area contributed by atoms with Crippen molar-refractivity contribution < 1.29 is 19.4 Å². The number of benzene rings is 1. The summed E-state index contributed by atoms with van der Waals surface area (Å²) in [4.78, 5) is 35.2. The fourth-order valence-electron chi connectivity index (χ4n) is 4.29. The number of rotatable bonds is 7. The van der Waals surface area contributed by atoms with E-state index in [4.69, 9.17) is 16.3 Å². The second kappa shape index (κ2) is 9.70. The first kappa shape index (κ1) is 22.9. The summed E-state index contributed by atoms with van der Waals surface area (Å²) in [6.45, 7) is 7.96. The highest BCUT2D eigenvalue weighted by atomic mass is 35.5. The summed E-state index contributed by atoms with van der Waals surface area (Å²) < 4.78 is 5.39. The van der Waals surface area contributed by atoms with Gasteiger partial charge in [0.1, 0.15) is 0 Å². The molecule has 1 amide bonds. The number of carbonyl (C=O) groups is 2. The van der Waals surface area contributed by atoms with Crippen LogP contribution < -0.4 is 0 Å². The van der Waals surface area contributed by atoms with Crippen molar-refractivity contribution >= 4 is 34.6 Å². The molecule has 2 aromatic rings. The van der Waals surface area contributed by atoms with Gasteiger partial charge in [0.15, 0.2) is 5.76 Å². The third-order valence-corrected chi connectivity index (χ3v) is 7.11. The minimum atomic E-state index is -0.694. The fraction of sp³-hybridized carbons (Fsp3) is 0.435. The zero-order valence-electron chi connectivity index (χ0n) is 18.1. The van der Waals surface area contributed by atoms with E-state index in [0.29, 0.717) is 40.9 Å². The summed E-state index contributed by atoms with van der Waals surface area (Å²) in [5.74, 6) is -1.38. The molecule has 0 bridgehead atoms. The van der Waals surface area contributed by atoms with Gasteiger partial charge < -0.3 is 14.7 Å². The summed E-state index contributed by atoms with van der Waals surface area (Å²) in [5, 5.41) is 12.1. The van der Waals surface area contributed by atoms with Gasteiger partial charge in [-0.15, -0.1) is 11.3 Å². The summed E-state index contributed by atoms with van der Waals surface area (Å²) in [7, 11) is 0. The lowest BCUT2D eigenvalue weighted by atomic mass is 9.95. The Balaban J connectivity index is 1.64. The Morgan fingerprint density at radius 1 is 1.28 bits per heavy atom. The van der Waals surface area contributed by atoms with Crippen molar-refractivity contribution in [2.24, 2.45) is 0 Å². The molecule has 1 atom stereocenters. The number of amides is 1. The number of ketones is 1. The van der Waals surface area contributed by atoms with Gasteiger partial charge >= 0.3 is 0 Å². The highest BCUT2D eigenvalue weighted by molar-refractivity contribution is 7.14. The maximum atomic E-state index is 13.5. The largest absolute Gasteiger partial charge is 0.503 e. The van der Waals surface area contributed by atoms with Gasteiger partial charge in [-0.1, -0.05) is 23.7 Å². The summed E-state index contributed by atoms with van der Waals surface area (Å²) in [6.07, 6.45) is 0.719. The minimum absolute atomic E-state index is 0.0930. The van der Waals surface area contributed by atoms with Gasteiger partial charge in [-0.3, -0.25) is 14.5 Å². The number of aliphatic hydroxyl groups is 1. The molecule has 0 spiro atoms. The number of hydrogen-bond acceptors (Lipinski definition) is 7. The molecule has 9 heteroatoms. The van der Waals surface area contributed by atoms with E-state index in [1.165, 1.54) is 11.3 Å². The lowest BCUT2D eigenvalue weighted by Crippen LogP contribution is -2.39. The van der Waals surface area contributed by atoms with Gasteiger partial charge in [0.2, 0.25) is 5.78 Å². The van der Waals surface area contributed by atoms with Crippen molar-refractivity contribution in [2.75, 3.05) is 39.4 Å². The number of morpholine rings is 1. The van der Waals surface area contributed by atoms with Crippen molar-refractivity contribution in [1.29, 1.82) is 0 Å². The number of hydrogen-bond donors (Lipinski definition) is 1. The van der Waals surface area contributed by atoms with Gasteiger partial charge in [-0.25, -0.2) is 4.98 Å². The van der Waals surface area contributed by atoms with E-state index in [9.17, 15) is 14.7 Å². The molecule has 0 aliphatic carbocycles. The van der Waals surface area contributed by atoms with Crippen molar-refractivity contribution in [3.63, 3.8) is 0 Å². The summed E-state index contributed by atoms with van der Waals surface area (Å²) in [6, 6.07) is 6.40. The number of ether oxygens (including phenoxy) is 1. The average Bonchev–Trinajstić information content (AvgIpc) is 3.24. The quantitative estimate of drug-likeness (QED) is 0.614. The van der Waals surface area contributed by atoms with Crippen molar-refractivity contribution in [1.82, 2.24) is 14.8 Å². The molecule has 3 heterocycles. The van der Waals surface area contributed by atoms with Crippen LogP contribution in [-0.4, -0.2) is 71.0 Å². The second-order valence-corrected chi connectivity index (χ2v) is 9.64. The molecular weight excluding hydrogens is 450 g/mol. The van der Waals surface area contributed by atoms with Crippen LogP contribution >= 0.6 is 22.9 Å². The number of aromatic nitrogens is 1. The number of aryl methyl sites for hydroxylation is 2. The molecule has 2 aliphatic rings. The molecule has 32 heavy (non-hydrogen) atoms. The fourth-order valence-corrected chi connectivity index (χ4v) is 5.37.